The Morgan fingerprint density at radius 2 is 2.00 bits per heavy atom. The van der Waals surface area contributed by atoms with Crippen LogP contribution in [0.25, 0.3) is 0 Å². The van der Waals surface area contributed by atoms with Crippen LogP contribution in [0.15, 0.2) is 0 Å². The number of carbonyl (C=O) groups excluding carboxylic acids is 2. The lowest BCUT2D eigenvalue weighted by atomic mass is 10.1. The molecule has 0 aromatic rings. The highest BCUT2D eigenvalue weighted by molar-refractivity contribution is 5.87. The van der Waals surface area contributed by atoms with Crippen molar-refractivity contribution >= 4 is 17.9 Å². The summed E-state index contributed by atoms with van der Waals surface area (Å²) in [7, 11) is 1.49. The third-order valence-corrected chi connectivity index (χ3v) is 2.59. The van der Waals surface area contributed by atoms with Gasteiger partial charge in [0.2, 0.25) is 11.8 Å². The molecule has 0 heterocycles. The third kappa shape index (κ3) is 8.80. The van der Waals surface area contributed by atoms with Crippen LogP contribution in [-0.4, -0.2) is 42.6 Å². The molecule has 20 heavy (non-hydrogen) atoms. The lowest BCUT2D eigenvalue weighted by Crippen LogP contribution is -2.45. The smallest absolute Gasteiger partial charge is 0.404 e. The van der Waals surface area contributed by atoms with Gasteiger partial charge in [-0.05, 0) is 19.3 Å². The molecular weight excluding hydrogens is 262 g/mol. The molecular formula is C13H21N3O4. The van der Waals surface area contributed by atoms with Crippen LogP contribution in [-0.2, 0) is 9.59 Å². The Bertz CT molecular complexity index is 376. The van der Waals surface area contributed by atoms with E-state index in [2.05, 4.69) is 21.9 Å². The normalized spacial score (nSPS) is 11.0. The quantitative estimate of drug-likeness (QED) is 0.355. The maximum atomic E-state index is 11.6. The number of terminal acetylenes is 1. The fraction of sp³-hybridized carbons (Fsp3) is 0.615. The molecule has 0 aliphatic heterocycles. The summed E-state index contributed by atoms with van der Waals surface area (Å²) < 4.78 is 0. The van der Waals surface area contributed by atoms with Crippen molar-refractivity contribution in [3.63, 3.8) is 0 Å². The Balaban J connectivity index is 4.09. The van der Waals surface area contributed by atoms with Crippen LogP contribution in [0.3, 0.4) is 0 Å². The van der Waals surface area contributed by atoms with Gasteiger partial charge < -0.3 is 21.1 Å². The molecule has 0 rings (SSSR count). The lowest BCUT2D eigenvalue weighted by Gasteiger charge is -2.17. The van der Waals surface area contributed by atoms with Crippen molar-refractivity contribution in [3.05, 3.63) is 0 Å². The predicted octanol–water partition coefficient (Wildman–Crippen LogP) is 0.0685. The van der Waals surface area contributed by atoms with Gasteiger partial charge in [-0.15, -0.1) is 12.3 Å². The molecule has 112 valence electrons. The van der Waals surface area contributed by atoms with E-state index in [0.29, 0.717) is 32.2 Å². The zero-order valence-electron chi connectivity index (χ0n) is 11.6. The zero-order valence-corrected chi connectivity index (χ0v) is 11.6. The van der Waals surface area contributed by atoms with Crippen molar-refractivity contribution in [2.24, 2.45) is 0 Å². The monoisotopic (exact) mass is 283 g/mol. The molecule has 0 aliphatic carbocycles. The number of hydrogen-bond acceptors (Lipinski definition) is 3. The number of rotatable bonds is 9. The van der Waals surface area contributed by atoms with E-state index in [1.807, 2.05) is 0 Å². The number of carboxylic acid groups (broad SMARTS) is 1. The molecule has 0 aromatic heterocycles. The number of amides is 3. The maximum absolute atomic E-state index is 11.6. The van der Waals surface area contributed by atoms with E-state index in [4.69, 9.17) is 11.5 Å². The first-order chi connectivity index (χ1) is 9.51. The topological polar surface area (TPSA) is 108 Å². The summed E-state index contributed by atoms with van der Waals surface area (Å²) in [6, 6.07) is -0.616. The van der Waals surface area contributed by atoms with E-state index >= 15 is 0 Å². The number of nitrogens with one attached hydrogen (secondary N) is 3. The van der Waals surface area contributed by atoms with Crippen LogP contribution in [0.5, 0.6) is 0 Å². The summed E-state index contributed by atoms with van der Waals surface area (Å²) in [5.74, 6) is 1.82. The van der Waals surface area contributed by atoms with Crippen LogP contribution in [0.2, 0.25) is 0 Å². The standard InChI is InChI=1S/C13H21N3O4/c1-3-4-8-11(17)16-10(12(18)14-2)7-5-6-9-15-13(19)20/h1,10,15H,4-9H2,2H3,(H,14,18)(H,16,17)(H,19,20)/t10-/m1/s1. The first-order valence-corrected chi connectivity index (χ1v) is 6.42. The number of likely N-dealkylation sites (N-methyl/N-ethyl adjacent to an activating group) is 1. The molecule has 0 bridgehead atoms. The molecule has 0 saturated heterocycles. The van der Waals surface area contributed by atoms with Crippen LogP contribution >= 0.6 is 0 Å². The summed E-state index contributed by atoms with van der Waals surface area (Å²) in [4.78, 5) is 33.4. The number of hydrogen-bond donors (Lipinski definition) is 4. The fourth-order valence-electron chi connectivity index (χ4n) is 1.56. The van der Waals surface area contributed by atoms with Gasteiger partial charge in [0.15, 0.2) is 0 Å². The minimum Gasteiger partial charge on any atom is -0.465 e. The summed E-state index contributed by atoms with van der Waals surface area (Å²) in [6.07, 6.45) is 6.17. The Morgan fingerprint density at radius 3 is 2.55 bits per heavy atom. The fourth-order valence-corrected chi connectivity index (χ4v) is 1.56. The van der Waals surface area contributed by atoms with E-state index in [0.717, 1.165) is 0 Å². The van der Waals surface area contributed by atoms with E-state index in [1.165, 1.54) is 7.05 Å². The van der Waals surface area contributed by atoms with Gasteiger partial charge in [-0.1, -0.05) is 0 Å². The zero-order chi connectivity index (χ0) is 15.4. The highest BCUT2D eigenvalue weighted by Crippen LogP contribution is 2.02. The summed E-state index contributed by atoms with van der Waals surface area (Å²) in [5, 5.41) is 15.7. The van der Waals surface area contributed by atoms with Gasteiger partial charge in [-0.3, -0.25) is 9.59 Å². The van der Waals surface area contributed by atoms with Gasteiger partial charge in [0.1, 0.15) is 6.04 Å². The molecule has 0 aliphatic rings. The Hall–Kier alpha value is -2.23. The molecule has 0 radical (unpaired) electrons. The molecule has 3 amide bonds. The highest BCUT2D eigenvalue weighted by atomic mass is 16.4. The lowest BCUT2D eigenvalue weighted by molar-refractivity contribution is -0.128. The molecule has 0 fully saturated rings. The molecule has 0 unspecified atom stereocenters. The minimum absolute atomic E-state index is 0.185. The van der Waals surface area contributed by atoms with Crippen LogP contribution < -0.4 is 16.0 Å². The van der Waals surface area contributed by atoms with Gasteiger partial charge in [-0.25, -0.2) is 4.79 Å². The van der Waals surface area contributed by atoms with Gasteiger partial charge in [0.05, 0.1) is 0 Å². The van der Waals surface area contributed by atoms with E-state index < -0.39 is 12.1 Å². The van der Waals surface area contributed by atoms with Gasteiger partial charge in [0, 0.05) is 26.4 Å². The van der Waals surface area contributed by atoms with Crippen LogP contribution in [0, 0.1) is 12.3 Å². The van der Waals surface area contributed by atoms with Gasteiger partial charge >= 0.3 is 6.09 Å². The minimum atomic E-state index is -1.07. The van der Waals surface area contributed by atoms with Crippen LogP contribution in [0.1, 0.15) is 32.1 Å². The van der Waals surface area contributed by atoms with Crippen molar-refractivity contribution in [1.29, 1.82) is 0 Å². The first-order valence-electron chi connectivity index (χ1n) is 6.42. The molecule has 0 saturated carbocycles. The van der Waals surface area contributed by atoms with Crippen molar-refractivity contribution in [1.82, 2.24) is 16.0 Å². The Labute approximate surface area is 118 Å². The summed E-state index contributed by atoms with van der Waals surface area (Å²) >= 11 is 0. The van der Waals surface area contributed by atoms with Gasteiger partial charge in [-0.2, -0.15) is 0 Å². The van der Waals surface area contributed by atoms with E-state index in [-0.39, 0.29) is 18.2 Å². The molecule has 7 nitrogen and oxygen atoms in total. The first kappa shape index (κ1) is 17.8. The largest absolute Gasteiger partial charge is 0.465 e. The maximum Gasteiger partial charge on any atom is 0.404 e. The summed E-state index contributed by atoms with van der Waals surface area (Å²) in [5.41, 5.74) is 0. The Morgan fingerprint density at radius 1 is 1.30 bits per heavy atom. The third-order valence-electron chi connectivity index (χ3n) is 2.59. The average Bonchev–Trinajstić information content (AvgIpc) is 2.42. The molecule has 7 heteroatoms. The second-order valence-electron chi connectivity index (χ2n) is 4.17. The number of carbonyl (C=O) groups is 3. The molecule has 0 aromatic carbocycles. The van der Waals surface area contributed by atoms with Crippen molar-refractivity contribution in [2.75, 3.05) is 13.6 Å². The van der Waals surface area contributed by atoms with E-state index in [9.17, 15) is 14.4 Å². The predicted molar refractivity (Wildman–Crippen MR) is 73.9 cm³/mol. The molecule has 4 N–H and O–H groups in total. The Kier molecular flexibility index (Phi) is 9.48. The second-order valence-corrected chi connectivity index (χ2v) is 4.17. The van der Waals surface area contributed by atoms with E-state index in [1.54, 1.807) is 0 Å². The second kappa shape index (κ2) is 10.7. The molecule has 0 spiro atoms. The molecule has 1 atom stereocenters. The number of unbranched alkanes of at least 4 members (excludes halogenated alkanes) is 1. The van der Waals surface area contributed by atoms with Gasteiger partial charge in [0.25, 0.3) is 0 Å². The van der Waals surface area contributed by atoms with Crippen LogP contribution in [0.4, 0.5) is 4.79 Å². The summed E-state index contributed by atoms with van der Waals surface area (Å²) in [6.45, 7) is 0.320. The SMILES string of the molecule is C#CCCC(=O)N[C@H](CCCCNC(=O)O)C(=O)NC. The van der Waals surface area contributed by atoms with Crippen molar-refractivity contribution < 1.29 is 19.5 Å². The van der Waals surface area contributed by atoms with Crippen molar-refractivity contribution in [3.8, 4) is 12.3 Å². The van der Waals surface area contributed by atoms with Crippen molar-refractivity contribution in [2.45, 2.75) is 38.1 Å². The highest BCUT2D eigenvalue weighted by Gasteiger charge is 2.18. The average molecular weight is 283 g/mol.